The fraction of sp³-hybridized carbons (Fsp3) is 0.300. The molecule has 0 saturated heterocycles. The third kappa shape index (κ3) is 2.19. The highest BCUT2D eigenvalue weighted by Crippen LogP contribution is 2.51. The molecule has 3 aliphatic rings. The van der Waals surface area contributed by atoms with Gasteiger partial charge in [0.15, 0.2) is 0 Å². The fourth-order valence-electron chi connectivity index (χ4n) is 4.22. The van der Waals surface area contributed by atoms with Crippen molar-refractivity contribution in [3.05, 3.63) is 77.5 Å². The van der Waals surface area contributed by atoms with Crippen LogP contribution in [-0.2, 0) is 0 Å². The summed E-state index contributed by atoms with van der Waals surface area (Å²) in [7, 11) is 0. The van der Waals surface area contributed by atoms with Gasteiger partial charge in [-0.3, -0.25) is 5.84 Å². The Morgan fingerprint density at radius 3 is 2.83 bits per heavy atom. The molecule has 4 rings (SSSR count). The molecule has 3 N–H and O–H groups in total. The van der Waals surface area contributed by atoms with E-state index >= 15 is 0 Å². The number of hydrogen-bond acceptors (Lipinski definition) is 3. The molecular weight excluding hydrogens is 282 g/mol. The van der Waals surface area contributed by atoms with Gasteiger partial charge in [0.2, 0.25) is 0 Å². The van der Waals surface area contributed by atoms with Crippen LogP contribution < -0.4 is 11.3 Å². The molecule has 0 bridgehead atoms. The molecule has 2 unspecified atom stereocenters. The van der Waals surface area contributed by atoms with E-state index < -0.39 is 0 Å². The van der Waals surface area contributed by atoms with E-state index in [1.165, 1.54) is 22.4 Å². The number of allylic oxidation sites excluding steroid dienone is 5. The zero-order valence-corrected chi connectivity index (χ0v) is 13.5. The quantitative estimate of drug-likeness (QED) is 0.664. The molecule has 1 heterocycles. The molecule has 0 aromatic heterocycles. The number of fused-ring (bicyclic) bond motifs is 2. The average Bonchev–Trinajstić information content (AvgIpc) is 2.85. The molecule has 118 valence electrons. The van der Waals surface area contributed by atoms with Gasteiger partial charge in [-0.15, -0.1) is 0 Å². The van der Waals surface area contributed by atoms with Gasteiger partial charge >= 0.3 is 0 Å². The number of hydrazine groups is 1. The van der Waals surface area contributed by atoms with Crippen LogP contribution in [0.5, 0.6) is 0 Å². The first kappa shape index (κ1) is 14.5. The summed E-state index contributed by atoms with van der Waals surface area (Å²) in [5.41, 5.74) is 8.54. The molecular formula is C20H23N3. The molecule has 0 fully saturated rings. The fourth-order valence-corrected chi connectivity index (χ4v) is 4.22. The molecule has 0 saturated carbocycles. The lowest BCUT2D eigenvalue weighted by Crippen LogP contribution is -2.44. The third-order valence-electron chi connectivity index (χ3n) is 5.39. The molecule has 0 radical (unpaired) electrons. The van der Waals surface area contributed by atoms with Crippen LogP contribution >= 0.6 is 0 Å². The van der Waals surface area contributed by atoms with Crippen LogP contribution in [0.1, 0.15) is 25.3 Å². The lowest BCUT2D eigenvalue weighted by Gasteiger charge is -2.35. The normalized spacial score (nSPS) is 28.7. The van der Waals surface area contributed by atoms with E-state index in [0.29, 0.717) is 12.7 Å². The lowest BCUT2D eigenvalue weighted by molar-refractivity contribution is 0.230. The highest BCUT2D eigenvalue weighted by molar-refractivity contribution is 5.72. The molecule has 1 aliphatic heterocycles. The van der Waals surface area contributed by atoms with Crippen molar-refractivity contribution in [3.63, 3.8) is 0 Å². The molecule has 3 nitrogen and oxygen atoms in total. The van der Waals surface area contributed by atoms with Crippen LogP contribution in [0.2, 0.25) is 0 Å². The largest absolute Gasteiger partial charge is 0.353 e. The number of nitrogens with one attached hydrogen (secondary N) is 1. The number of rotatable bonds is 3. The summed E-state index contributed by atoms with van der Waals surface area (Å²) in [6.45, 7) is 3.03. The van der Waals surface area contributed by atoms with Gasteiger partial charge in [0.25, 0.3) is 0 Å². The number of nitrogens with two attached hydrogens (primary N) is 1. The highest BCUT2D eigenvalue weighted by atomic mass is 15.4. The van der Waals surface area contributed by atoms with E-state index in [1.807, 2.05) is 0 Å². The first-order chi connectivity index (χ1) is 11.2. The van der Waals surface area contributed by atoms with Gasteiger partial charge in [-0.25, -0.2) is 5.43 Å². The molecule has 0 spiro atoms. The van der Waals surface area contributed by atoms with E-state index in [2.05, 4.69) is 78.0 Å². The lowest BCUT2D eigenvalue weighted by atomic mass is 9.73. The second kappa shape index (κ2) is 5.52. The monoisotopic (exact) mass is 305 g/mol. The summed E-state index contributed by atoms with van der Waals surface area (Å²) in [5, 5.41) is 0. The van der Waals surface area contributed by atoms with Crippen LogP contribution in [-0.4, -0.2) is 17.6 Å². The maximum Gasteiger partial charge on any atom is 0.0812 e. The summed E-state index contributed by atoms with van der Waals surface area (Å²) in [6.07, 6.45) is 13.5. The molecule has 1 aromatic rings. The minimum absolute atomic E-state index is 0.0292. The maximum atomic E-state index is 5.64. The summed E-state index contributed by atoms with van der Waals surface area (Å²) in [5.74, 6) is 5.64. The Labute approximate surface area is 137 Å². The van der Waals surface area contributed by atoms with Crippen LogP contribution in [0.25, 0.3) is 5.57 Å². The van der Waals surface area contributed by atoms with E-state index in [1.54, 1.807) is 0 Å². The van der Waals surface area contributed by atoms with Gasteiger partial charge in [-0.1, -0.05) is 60.7 Å². The predicted octanol–water partition coefficient (Wildman–Crippen LogP) is 3.36. The second-order valence-corrected chi connectivity index (χ2v) is 6.70. The van der Waals surface area contributed by atoms with Gasteiger partial charge in [0.1, 0.15) is 0 Å². The second-order valence-electron chi connectivity index (χ2n) is 6.70. The first-order valence-electron chi connectivity index (χ1n) is 8.30. The average molecular weight is 305 g/mol. The van der Waals surface area contributed by atoms with Crippen molar-refractivity contribution in [2.45, 2.75) is 25.8 Å². The first-order valence-corrected chi connectivity index (χ1v) is 8.30. The summed E-state index contributed by atoms with van der Waals surface area (Å²) in [6, 6.07) is 11.1. The van der Waals surface area contributed by atoms with Crippen molar-refractivity contribution < 1.29 is 0 Å². The topological polar surface area (TPSA) is 41.3 Å². The summed E-state index contributed by atoms with van der Waals surface area (Å²) >= 11 is 0. The smallest absolute Gasteiger partial charge is 0.0812 e. The van der Waals surface area contributed by atoms with E-state index in [4.69, 9.17) is 5.84 Å². The maximum absolute atomic E-state index is 5.64. The Kier molecular flexibility index (Phi) is 3.47. The summed E-state index contributed by atoms with van der Waals surface area (Å²) < 4.78 is 0. The van der Waals surface area contributed by atoms with E-state index in [0.717, 1.165) is 12.8 Å². The Bertz CT molecular complexity index is 727. The van der Waals surface area contributed by atoms with Gasteiger partial charge in [0.05, 0.1) is 12.7 Å². The van der Waals surface area contributed by atoms with Crippen LogP contribution in [0.4, 0.5) is 0 Å². The third-order valence-corrected chi connectivity index (χ3v) is 5.39. The van der Waals surface area contributed by atoms with Crippen LogP contribution in [0.15, 0.2) is 72.0 Å². The minimum Gasteiger partial charge on any atom is -0.353 e. The van der Waals surface area contributed by atoms with Crippen molar-refractivity contribution in [3.8, 4) is 0 Å². The minimum atomic E-state index is 0.0292. The number of hydrogen-bond donors (Lipinski definition) is 2. The van der Waals surface area contributed by atoms with Gasteiger partial charge < -0.3 is 4.90 Å². The van der Waals surface area contributed by atoms with Crippen LogP contribution in [0, 0.1) is 5.41 Å². The molecule has 1 aromatic carbocycles. The predicted molar refractivity (Wildman–Crippen MR) is 94.9 cm³/mol. The zero-order valence-electron chi connectivity index (χ0n) is 13.5. The zero-order chi connectivity index (χ0) is 15.9. The number of nitrogens with zero attached hydrogens (tertiary/aromatic N) is 1. The van der Waals surface area contributed by atoms with Crippen molar-refractivity contribution in [2.75, 3.05) is 6.67 Å². The molecule has 2 aliphatic carbocycles. The molecule has 2 atom stereocenters. The Hall–Kier alpha value is -2.10. The van der Waals surface area contributed by atoms with E-state index in [-0.39, 0.29) is 5.41 Å². The summed E-state index contributed by atoms with van der Waals surface area (Å²) in [4.78, 5) is 2.42. The molecule has 0 amide bonds. The van der Waals surface area contributed by atoms with Gasteiger partial charge in [-0.05, 0) is 36.5 Å². The Morgan fingerprint density at radius 2 is 2.04 bits per heavy atom. The van der Waals surface area contributed by atoms with Crippen molar-refractivity contribution >= 4 is 5.57 Å². The number of benzene rings is 1. The van der Waals surface area contributed by atoms with Crippen molar-refractivity contribution in [1.29, 1.82) is 0 Å². The van der Waals surface area contributed by atoms with Crippen molar-refractivity contribution in [1.82, 2.24) is 10.3 Å². The molecule has 3 heteroatoms. The van der Waals surface area contributed by atoms with Crippen molar-refractivity contribution in [2.24, 2.45) is 11.3 Å². The molecule has 23 heavy (non-hydrogen) atoms. The van der Waals surface area contributed by atoms with Gasteiger partial charge in [0, 0.05) is 11.1 Å². The van der Waals surface area contributed by atoms with Crippen LogP contribution in [0.3, 0.4) is 0 Å². The Morgan fingerprint density at radius 1 is 1.22 bits per heavy atom. The standard InChI is InChI=1S/C20H23N3/c1-20-12-6-5-9-19(20)23(14-22-21)18-11-10-16(13-17(18)20)15-7-3-2-4-8-15/h2-9,12-13,19,22H,10-11,14,21H2,1H3. The Balaban J connectivity index is 1.80. The highest BCUT2D eigenvalue weighted by Gasteiger charge is 2.47. The SMILES string of the molecule is CC12C=CC=CC1N(CNN)C1=C2C=C(c2ccccc2)CC1. The van der Waals surface area contributed by atoms with E-state index in [9.17, 15) is 0 Å². The van der Waals surface area contributed by atoms with Gasteiger partial charge in [-0.2, -0.15) is 0 Å².